The number of hydrogen-bond donors (Lipinski definition) is 0. The fourth-order valence-electron chi connectivity index (χ4n) is 4.10. The third kappa shape index (κ3) is 9.99. The van der Waals surface area contributed by atoms with Crippen molar-refractivity contribution in [1.29, 1.82) is 0 Å². The van der Waals surface area contributed by atoms with Crippen molar-refractivity contribution < 1.29 is 14.3 Å². The van der Waals surface area contributed by atoms with Crippen molar-refractivity contribution in [2.45, 2.75) is 85.0 Å². The second kappa shape index (κ2) is 15.8. The number of nitrogens with zero attached hydrogens (tertiary/aromatic N) is 2. The normalized spacial score (nSPS) is 11.8. The van der Waals surface area contributed by atoms with Crippen molar-refractivity contribution in [1.82, 2.24) is 9.97 Å². The predicted octanol–water partition coefficient (Wildman–Crippen LogP) is 8.67. The highest BCUT2D eigenvalue weighted by Gasteiger charge is 2.08. The maximum atomic E-state index is 12.1. The second-order valence-electron chi connectivity index (χ2n) is 9.84. The molecule has 2 aromatic carbocycles. The molecule has 3 aromatic rings. The minimum Gasteiger partial charge on any atom is -0.494 e. The molecule has 0 amide bonds. The molecule has 0 saturated carbocycles. The van der Waals surface area contributed by atoms with E-state index < -0.39 is 0 Å². The summed E-state index contributed by atoms with van der Waals surface area (Å²) < 4.78 is 11.4. The first-order valence-electron chi connectivity index (χ1n) is 14.0. The quantitative estimate of drug-likeness (QED) is 0.111. The molecule has 5 heteroatoms. The van der Waals surface area contributed by atoms with Gasteiger partial charge in [-0.1, -0.05) is 77.8 Å². The molecule has 0 saturated heterocycles. The zero-order valence-electron chi connectivity index (χ0n) is 22.7. The Morgan fingerprint density at radius 3 is 2.05 bits per heavy atom. The predicted molar refractivity (Wildman–Crippen MR) is 151 cm³/mol. The summed E-state index contributed by atoms with van der Waals surface area (Å²) in [5.74, 6) is 2.59. The lowest BCUT2D eigenvalue weighted by atomic mass is 10.0. The van der Waals surface area contributed by atoms with Crippen LogP contribution in [-0.4, -0.2) is 22.5 Å². The lowest BCUT2D eigenvalue weighted by molar-refractivity contribution is -0.134. The average molecular weight is 503 g/mol. The zero-order chi connectivity index (χ0) is 26.3. The first-order chi connectivity index (χ1) is 18.1. The number of benzene rings is 2. The van der Waals surface area contributed by atoms with E-state index >= 15 is 0 Å². The fourth-order valence-corrected chi connectivity index (χ4v) is 4.10. The van der Waals surface area contributed by atoms with Crippen LogP contribution >= 0.6 is 0 Å². The molecular formula is C32H42N2O3. The van der Waals surface area contributed by atoms with Crippen LogP contribution in [0.5, 0.6) is 11.5 Å². The van der Waals surface area contributed by atoms with Crippen LogP contribution in [0.15, 0.2) is 60.9 Å². The summed E-state index contributed by atoms with van der Waals surface area (Å²) in [6, 6.07) is 15.4. The van der Waals surface area contributed by atoms with Gasteiger partial charge in [-0.3, -0.25) is 4.79 Å². The SMILES string of the molecule is CCCCCCCCOc1ccc(-c2ncc(-c3ccc(OC(=O)CCCC(C)CC)cc3)cn2)cc1. The molecule has 3 rings (SSSR count). The molecule has 1 heterocycles. The van der Waals surface area contributed by atoms with E-state index in [0.29, 0.717) is 23.9 Å². The molecule has 1 unspecified atom stereocenters. The van der Waals surface area contributed by atoms with Crippen molar-refractivity contribution in [3.8, 4) is 34.0 Å². The van der Waals surface area contributed by atoms with Crippen LogP contribution in [0.1, 0.15) is 85.0 Å². The van der Waals surface area contributed by atoms with E-state index in [0.717, 1.165) is 54.7 Å². The molecule has 1 aromatic heterocycles. The monoisotopic (exact) mass is 502 g/mol. The second-order valence-corrected chi connectivity index (χ2v) is 9.84. The van der Waals surface area contributed by atoms with E-state index in [4.69, 9.17) is 9.47 Å². The van der Waals surface area contributed by atoms with E-state index in [1.165, 1.54) is 32.1 Å². The Morgan fingerprint density at radius 1 is 0.757 bits per heavy atom. The van der Waals surface area contributed by atoms with Crippen molar-refractivity contribution in [3.05, 3.63) is 60.9 Å². The van der Waals surface area contributed by atoms with Gasteiger partial charge in [0.25, 0.3) is 0 Å². The van der Waals surface area contributed by atoms with Crippen LogP contribution in [0.2, 0.25) is 0 Å². The molecule has 0 fully saturated rings. The summed E-state index contributed by atoms with van der Waals surface area (Å²) >= 11 is 0. The molecule has 0 radical (unpaired) electrons. The van der Waals surface area contributed by atoms with Crippen LogP contribution in [0.3, 0.4) is 0 Å². The third-order valence-electron chi connectivity index (χ3n) is 6.73. The average Bonchev–Trinajstić information content (AvgIpc) is 2.93. The molecule has 0 aliphatic rings. The van der Waals surface area contributed by atoms with Crippen molar-refractivity contribution in [2.24, 2.45) is 5.92 Å². The van der Waals surface area contributed by atoms with Gasteiger partial charge in [0.15, 0.2) is 5.82 Å². The molecular weight excluding hydrogens is 460 g/mol. The van der Waals surface area contributed by atoms with E-state index in [2.05, 4.69) is 30.7 Å². The summed E-state index contributed by atoms with van der Waals surface area (Å²) in [6.45, 7) is 7.38. The van der Waals surface area contributed by atoms with Crippen molar-refractivity contribution in [2.75, 3.05) is 6.61 Å². The number of rotatable bonds is 16. The largest absolute Gasteiger partial charge is 0.494 e. The van der Waals surface area contributed by atoms with Crippen LogP contribution in [0.4, 0.5) is 0 Å². The van der Waals surface area contributed by atoms with Crippen LogP contribution < -0.4 is 9.47 Å². The fraction of sp³-hybridized carbons (Fsp3) is 0.469. The Hall–Kier alpha value is -3.21. The molecule has 0 aliphatic carbocycles. The Kier molecular flexibility index (Phi) is 12.1. The summed E-state index contributed by atoms with van der Waals surface area (Å²) in [4.78, 5) is 21.2. The summed E-state index contributed by atoms with van der Waals surface area (Å²) in [5.41, 5.74) is 2.84. The Bertz CT molecular complexity index is 1050. The van der Waals surface area contributed by atoms with Gasteiger partial charge in [0.05, 0.1) is 6.61 Å². The Morgan fingerprint density at radius 2 is 1.38 bits per heavy atom. The number of unbranched alkanes of at least 4 members (excludes halogenated alkanes) is 5. The molecule has 5 nitrogen and oxygen atoms in total. The number of carbonyl (C=O) groups excluding carboxylic acids is 1. The molecule has 1 atom stereocenters. The highest BCUT2D eigenvalue weighted by Crippen LogP contribution is 2.24. The Balaban J connectivity index is 1.46. The molecule has 0 aliphatic heterocycles. The zero-order valence-corrected chi connectivity index (χ0v) is 22.7. The minimum atomic E-state index is -0.178. The summed E-state index contributed by atoms with van der Waals surface area (Å²) in [7, 11) is 0. The third-order valence-corrected chi connectivity index (χ3v) is 6.73. The van der Waals surface area contributed by atoms with Gasteiger partial charge in [0, 0.05) is 29.9 Å². The lowest BCUT2D eigenvalue weighted by Gasteiger charge is -2.09. The number of carbonyl (C=O) groups is 1. The standard InChI is InChI=1S/C32H42N2O3/c1-4-6-7-8-9-10-22-36-29-18-16-27(17-19-29)32-33-23-28(24-34-32)26-14-20-30(21-15-26)37-31(35)13-11-12-25(3)5-2/h14-21,23-25H,4-13,22H2,1-3H3. The van der Waals surface area contributed by atoms with Gasteiger partial charge in [-0.25, -0.2) is 9.97 Å². The van der Waals surface area contributed by atoms with Crippen molar-refractivity contribution >= 4 is 5.97 Å². The first kappa shape index (κ1) is 28.4. The van der Waals surface area contributed by atoms with Crippen LogP contribution in [0.25, 0.3) is 22.5 Å². The smallest absolute Gasteiger partial charge is 0.311 e. The number of esters is 1. The molecule has 37 heavy (non-hydrogen) atoms. The van der Waals surface area contributed by atoms with Gasteiger partial charge in [-0.2, -0.15) is 0 Å². The van der Waals surface area contributed by atoms with Crippen LogP contribution in [-0.2, 0) is 4.79 Å². The summed E-state index contributed by atoms with van der Waals surface area (Å²) in [5, 5.41) is 0. The number of hydrogen-bond acceptors (Lipinski definition) is 5. The maximum absolute atomic E-state index is 12.1. The van der Waals surface area contributed by atoms with Gasteiger partial charge >= 0.3 is 5.97 Å². The first-order valence-corrected chi connectivity index (χ1v) is 14.0. The van der Waals surface area contributed by atoms with Gasteiger partial charge in [0.1, 0.15) is 11.5 Å². The summed E-state index contributed by atoms with van der Waals surface area (Å²) in [6.07, 6.45) is 14.7. The maximum Gasteiger partial charge on any atom is 0.311 e. The van der Waals surface area contributed by atoms with Gasteiger partial charge in [-0.15, -0.1) is 0 Å². The topological polar surface area (TPSA) is 61.3 Å². The lowest BCUT2D eigenvalue weighted by Crippen LogP contribution is -2.08. The molecule has 0 N–H and O–H groups in total. The van der Waals surface area contributed by atoms with Crippen LogP contribution in [0, 0.1) is 5.92 Å². The van der Waals surface area contributed by atoms with Crippen molar-refractivity contribution in [3.63, 3.8) is 0 Å². The molecule has 0 spiro atoms. The van der Waals surface area contributed by atoms with Gasteiger partial charge in [-0.05, 0) is 60.7 Å². The van der Waals surface area contributed by atoms with E-state index in [9.17, 15) is 4.79 Å². The number of aromatic nitrogens is 2. The van der Waals surface area contributed by atoms with E-state index in [-0.39, 0.29) is 5.97 Å². The highest BCUT2D eigenvalue weighted by atomic mass is 16.5. The Labute approximate surface area is 222 Å². The highest BCUT2D eigenvalue weighted by molar-refractivity contribution is 5.73. The van der Waals surface area contributed by atoms with Gasteiger partial charge in [0.2, 0.25) is 0 Å². The van der Waals surface area contributed by atoms with Gasteiger partial charge < -0.3 is 9.47 Å². The molecule has 0 bridgehead atoms. The number of ether oxygens (including phenoxy) is 2. The van der Waals surface area contributed by atoms with E-state index in [1.54, 1.807) is 0 Å². The molecule has 198 valence electrons. The minimum absolute atomic E-state index is 0.178. The van der Waals surface area contributed by atoms with E-state index in [1.807, 2.05) is 60.9 Å².